The van der Waals surface area contributed by atoms with Crippen LogP contribution in [0.5, 0.6) is 0 Å². The number of anilines is 6. The molecule has 4 heteroatoms. The number of hydrogen-bond acceptors (Lipinski definition) is 4. The van der Waals surface area contributed by atoms with E-state index in [9.17, 15) is 0 Å². The highest BCUT2D eigenvalue weighted by molar-refractivity contribution is 6.22. The van der Waals surface area contributed by atoms with E-state index in [1.807, 2.05) is 0 Å². The summed E-state index contributed by atoms with van der Waals surface area (Å²) in [5.74, 6) is 1.21. The van der Waals surface area contributed by atoms with Crippen LogP contribution in [-0.4, -0.2) is 0 Å². The smallest absolute Gasteiger partial charge is 0.140 e. The van der Waals surface area contributed by atoms with Crippen molar-refractivity contribution in [3.8, 4) is 0 Å². The summed E-state index contributed by atoms with van der Waals surface area (Å²) in [6, 6.07) is 62.0. The van der Waals surface area contributed by atoms with Crippen molar-refractivity contribution in [1.29, 1.82) is 0 Å². The molecule has 2 heterocycles. The van der Waals surface area contributed by atoms with E-state index in [0.29, 0.717) is 11.8 Å². The van der Waals surface area contributed by atoms with Gasteiger partial charge in [0.1, 0.15) is 22.3 Å². The molecule has 0 aliphatic rings. The Bertz CT molecular complexity index is 3370. The molecule has 0 saturated carbocycles. The highest BCUT2D eigenvalue weighted by Crippen LogP contribution is 2.50. The van der Waals surface area contributed by atoms with Crippen LogP contribution in [0.25, 0.3) is 65.4 Å². The van der Waals surface area contributed by atoms with Gasteiger partial charge >= 0.3 is 0 Å². The molecule has 66 heavy (non-hydrogen) atoms. The van der Waals surface area contributed by atoms with E-state index in [0.717, 1.165) is 88.8 Å². The number of benzene rings is 9. The fourth-order valence-corrected chi connectivity index (χ4v) is 10.3. The number of fused-ring (bicyclic) bond motifs is 8. The number of hydrogen-bond donors (Lipinski definition) is 0. The Kier molecular flexibility index (Phi) is 10.2. The molecule has 0 fully saturated rings. The summed E-state index contributed by atoms with van der Waals surface area (Å²) in [6.45, 7) is 18.1. The fourth-order valence-electron chi connectivity index (χ4n) is 10.3. The molecule has 0 N–H and O–H groups in total. The van der Waals surface area contributed by atoms with Crippen LogP contribution >= 0.6 is 0 Å². The summed E-state index contributed by atoms with van der Waals surface area (Å²) in [5, 5.41) is 9.18. The Balaban J connectivity index is 1.09. The summed E-state index contributed by atoms with van der Waals surface area (Å²) < 4.78 is 14.3. The molecular formula is C62H56N2O2. The molecule has 0 atom stereocenters. The van der Waals surface area contributed by atoms with Gasteiger partial charge < -0.3 is 18.6 Å². The molecule has 9 aromatic carbocycles. The van der Waals surface area contributed by atoms with Gasteiger partial charge in [-0.1, -0.05) is 128 Å². The highest BCUT2D eigenvalue weighted by Gasteiger charge is 2.28. The molecule has 4 nitrogen and oxygen atoms in total. The maximum atomic E-state index is 7.16. The van der Waals surface area contributed by atoms with Crippen molar-refractivity contribution in [1.82, 2.24) is 0 Å². The number of rotatable bonds is 10. The zero-order valence-corrected chi connectivity index (χ0v) is 39.2. The van der Waals surface area contributed by atoms with Crippen molar-refractivity contribution < 1.29 is 8.83 Å². The standard InChI is InChI=1S/C62H56N2O2/c1-37(2)41-17-15-23-49(29-41)63(47-19-11-9-12-20-47)51-27-25-43-33-53-55(35-45(43)31-51)65-61-58(40(7)8)60-54-34-44-26-28-52(32-46(44)36-56(54)66-62(60)57(39(5)6)59(53)61)64(48-21-13-10-14-22-48)50-24-16-18-42(30-50)38(3)4/h9-40H,1-8H3. The van der Waals surface area contributed by atoms with Gasteiger partial charge in [-0.15, -0.1) is 0 Å². The van der Waals surface area contributed by atoms with E-state index >= 15 is 0 Å². The Morgan fingerprint density at radius 3 is 1.08 bits per heavy atom. The number of para-hydroxylation sites is 2. The molecule has 0 amide bonds. The van der Waals surface area contributed by atoms with Crippen LogP contribution in [0, 0.1) is 0 Å². The Hall–Kier alpha value is -7.30. The third-order valence-electron chi connectivity index (χ3n) is 13.6. The molecular weight excluding hydrogens is 805 g/mol. The lowest BCUT2D eigenvalue weighted by molar-refractivity contribution is 0.649. The monoisotopic (exact) mass is 860 g/mol. The SMILES string of the molecule is CC(C)c1cccc(N(c2ccccc2)c2ccc3cc4c(cc3c2)oc2c(C(C)C)c3c(oc5cc6cc(N(c7ccccc7)c7cccc(C(C)C)c7)ccc6cc53)c(C(C)C)c24)c1. The van der Waals surface area contributed by atoms with E-state index in [2.05, 4.69) is 235 Å². The van der Waals surface area contributed by atoms with E-state index in [1.165, 1.54) is 33.0 Å². The third kappa shape index (κ3) is 6.98. The summed E-state index contributed by atoms with van der Waals surface area (Å²) in [5.41, 5.74) is 15.5. The molecule has 0 radical (unpaired) electrons. The summed E-state index contributed by atoms with van der Waals surface area (Å²) in [4.78, 5) is 4.72. The Morgan fingerprint density at radius 2 is 0.697 bits per heavy atom. The number of furan rings is 2. The van der Waals surface area contributed by atoms with Crippen molar-refractivity contribution in [2.45, 2.75) is 79.1 Å². The minimum Gasteiger partial charge on any atom is -0.456 e. The fraction of sp³-hybridized carbons (Fsp3) is 0.194. The van der Waals surface area contributed by atoms with Crippen LogP contribution in [0.15, 0.2) is 179 Å². The summed E-state index contributed by atoms with van der Waals surface area (Å²) in [7, 11) is 0. The molecule has 11 rings (SSSR count). The van der Waals surface area contributed by atoms with E-state index in [4.69, 9.17) is 8.83 Å². The molecule has 0 bridgehead atoms. The van der Waals surface area contributed by atoms with Crippen molar-refractivity contribution in [2.75, 3.05) is 9.80 Å². The van der Waals surface area contributed by atoms with Crippen molar-refractivity contribution in [2.24, 2.45) is 0 Å². The van der Waals surface area contributed by atoms with Crippen molar-refractivity contribution >= 4 is 99.5 Å². The van der Waals surface area contributed by atoms with Gasteiger partial charge in [0, 0.05) is 66.8 Å². The second kappa shape index (κ2) is 16.3. The lowest BCUT2D eigenvalue weighted by atomic mass is 9.87. The molecule has 0 aliphatic carbocycles. The first kappa shape index (κ1) is 41.4. The lowest BCUT2D eigenvalue weighted by Gasteiger charge is -2.26. The van der Waals surface area contributed by atoms with Gasteiger partial charge in [0.2, 0.25) is 0 Å². The van der Waals surface area contributed by atoms with Gasteiger partial charge in [0.15, 0.2) is 0 Å². The second-order valence-electron chi connectivity index (χ2n) is 19.4. The maximum absolute atomic E-state index is 7.16. The first-order valence-electron chi connectivity index (χ1n) is 23.7. The van der Waals surface area contributed by atoms with Crippen LogP contribution in [-0.2, 0) is 0 Å². The minimum atomic E-state index is 0.179. The first-order valence-corrected chi connectivity index (χ1v) is 23.7. The zero-order valence-electron chi connectivity index (χ0n) is 39.2. The van der Waals surface area contributed by atoms with Crippen LogP contribution in [0.4, 0.5) is 34.1 Å². The quantitative estimate of drug-likeness (QED) is 0.137. The molecule has 0 spiro atoms. The second-order valence-corrected chi connectivity index (χ2v) is 19.4. The molecule has 0 saturated heterocycles. The topological polar surface area (TPSA) is 32.8 Å². The van der Waals surface area contributed by atoms with Gasteiger partial charge in [-0.05, 0) is 153 Å². The molecule has 326 valence electrons. The first-order chi connectivity index (χ1) is 32.0. The van der Waals surface area contributed by atoms with Crippen molar-refractivity contribution in [3.05, 3.63) is 192 Å². The average molecular weight is 861 g/mol. The van der Waals surface area contributed by atoms with Gasteiger partial charge in [0.25, 0.3) is 0 Å². The predicted octanol–water partition coefficient (Wildman–Crippen LogP) is 19.2. The van der Waals surface area contributed by atoms with Crippen LogP contribution in [0.2, 0.25) is 0 Å². The lowest BCUT2D eigenvalue weighted by Crippen LogP contribution is -2.10. The zero-order chi connectivity index (χ0) is 45.4. The van der Waals surface area contributed by atoms with Crippen LogP contribution in [0.3, 0.4) is 0 Å². The summed E-state index contributed by atoms with van der Waals surface area (Å²) >= 11 is 0. The maximum Gasteiger partial charge on any atom is 0.140 e. The Labute approximate surface area is 387 Å². The molecule has 11 aromatic rings. The molecule has 0 aliphatic heterocycles. The van der Waals surface area contributed by atoms with Crippen LogP contribution in [0.1, 0.15) is 101 Å². The predicted molar refractivity (Wildman–Crippen MR) is 282 cm³/mol. The van der Waals surface area contributed by atoms with Gasteiger partial charge in [-0.25, -0.2) is 0 Å². The van der Waals surface area contributed by atoms with Gasteiger partial charge in [-0.2, -0.15) is 0 Å². The third-order valence-corrected chi connectivity index (χ3v) is 13.6. The largest absolute Gasteiger partial charge is 0.456 e. The van der Waals surface area contributed by atoms with E-state index < -0.39 is 0 Å². The number of nitrogens with zero attached hydrogens (tertiary/aromatic N) is 2. The highest BCUT2D eigenvalue weighted by atomic mass is 16.3. The Morgan fingerprint density at radius 1 is 0.318 bits per heavy atom. The van der Waals surface area contributed by atoms with E-state index in [1.54, 1.807) is 0 Å². The van der Waals surface area contributed by atoms with Gasteiger partial charge in [0.05, 0.1) is 0 Å². The van der Waals surface area contributed by atoms with E-state index in [-0.39, 0.29) is 11.8 Å². The van der Waals surface area contributed by atoms with Gasteiger partial charge in [-0.3, -0.25) is 0 Å². The van der Waals surface area contributed by atoms with Crippen LogP contribution < -0.4 is 9.80 Å². The minimum absolute atomic E-state index is 0.179. The summed E-state index contributed by atoms with van der Waals surface area (Å²) in [6.07, 6.45) is 0. The molecule has 0 unspecified atom stereocenters. The average Bonchev–Trinajstić information content (AvgIpc) is 3.87. The van der Waals surface area contributed by atoms with Crippen molar-refractivity contribution in [3.63, 3.8) is 0 Å². The normalized spacial score (nSPS) is 12.2. The molecule has 2 aromatic heterocycles.